The number of amides is 2. The number of hydrogen-bond donors (Lipinski definition) is 1. The van der Waals surface area contributed by atoms with Crippen LogP contribution >= 0.6 is 0 Å². The zero-order valence-corrected chi connectivity index (χ0v) is 13.6. The molecule has 5 nitrogen and oxygen atoms in total. The van der Waals surface area contributed by atoms with Crippen molar-refractivity contribution < 1.29 is 14.3 Å². The summed E-state index contributed by atoms with van der Waals surface area (Å²) in [5.41, 5.74) is 1.78. The van der Waals surface area contributed by atoms with Crippen molar-refractivity contribution in [3.05, 3.63) is 35.4 Å². The van der Waals surface area contributed by atoms with Crippen molar-refractivity contribution >= 4 is 11.8 Å². The average Bonchev–Trinajstić information content (AvgIpc) is 3.09. The van der Waals surface area contributed by atoms with E-state index in [4.69, 9.17) is 4.74 Å². The summed E-state index contributed by atoms with van der Waals surface area (Å²) in [6.45, 7) is 4.06. The van der Waals surface area contributed by atoms with Crippen molar-refractivity contribution in [1.29, 1.82) is 0 Å². The molecule has 124 valence electrons. The van der Waals surface area contributed by atoms with E-state index in [0.717, 1.165) is 31.2 Å². The summed E-state index contributed by atoms with van der Waals surface area (Å²) in [6, 6.07) is 7.74. The standard InChI is InChI=1S/C18H24N2O3/c1-13-4-2-5-14(12-13)17(21)19-15-7-9-20(10-8-15)18(22)16-6-3-11-23-16/h2,4-5,12,15-16H,3,6-11H2,1H3,(H,19,21). The van der Waals surface area contributed by atoms with Crippen LogP contribution in [0.25, 0.3) is 0 Å². The van der Waals surface area contributed by atoms with Crippen molar-refractivity contribution in [1.82, 2.24) is 10.2 Å². The summed E-state index contributed by atoms with van der Waals surface area (Å²) in [5, 5.41) is 3.08. The molecule has 1 unspecified atom stereocenters. The molecule has 0 aromatic heterocycles. The molecule has 1 aromatic carbocycles. The second-order valence-corrected chi connectivity index (χ2v) is 6.44. The minimum Gasteiger partial charge on any atom is -0.368 e. The molecular weight excluding hydrogens is 292 g/mol. The molecule has 2 amide bonds. The van der Waals surface area contributed by atoms with E-state index in [-0.39, 0.29) is 24.0 Å². The molecular formula is C18H24N2O3. The van der Waals surface area contributed by atoms with Gasteiger partial charge in [0.15, 0.2) is 0 Å². The number of aryl methyl sites for hydroxylation is 1. The summed E-state index contributed by atoms with van der Waals surface area (Å²) in [6.07, 6.45) is 3.17. The first kappa shape index (κ1) is 16.0. The average molecular weight is 316 g/mol. The molecule has 1 aromatic rings. The van der Waals surface area contributed by atoms with E-state index in [9.17, 15) is 9.59 Å². The molecule has 23 heavy (non-hydrogen) atoms. The summed E-state index contributed by atoms with van der Waals surface area (Å²) >= 11 is 0. The number of carbonyl (C=O) groups is 2. The van der Waals surface area contributed by atoms with Crippen molar-refractivity contribution in [3.63, 3.8) is 0 Å². The maximum Gasteiger partial charge on any atom is 0.251 e. The molecule has 0 spiro atoms. The number of hydrogen-bond acceptors (Lipinski definition) is 3. The molecule has 2 aliphatic rings. The van der Waals surface area contributed by atoms with Gasteiger partial charge in [-0.05, 0) is 44.7 Å². The van der Waals surface area contributed by atoms with Crippen LogP contribution in [0.2, 0.25) is 0 Å². The fraction of sp³-hybridized carbons (Fsp3) is 0.556. The Morgan fingerprint density at radius 3 is 2.65 bits per heavy atom. The summed E-state index contributed by atoms with van der Waals surface area (Å²) < 4.78 is 5.47. The first-order valence-electron chi connectivity index (χ1n) is 8.41. The third kappa shape index (κ3) is 3.91. The van der Waals surface area contributed by atoms with Gasteiger partial charge in [0.25, 0.3) is 11.8 Å². The van der Waals surface area contributed by atoms with Gasteiger partial charge in [-0.3, -0.25) is 9.59 Å². The van der Waals surface area contributed by atoms with Gasteiger partial charge in [-0.15, -0.1) is 0 Å². The monoisotopic (exact) mass is 316 g/mol. The Labute approximate surface area is 137 Å². The van der Waals surface area contributed by atoms with Gasteiger partial charge in [0.1, 0.15) is 6.10 Å². The molecule has 3 rings (SSSR count). The topological polar surface area (TPSA) is 58.6 Å². The molecule has 1 atom stereocenters. The van der Waals surface area contributed by atoms with Gasteiger partial charge in [-0.2, -0.15) is 0 Å². The van der Waals surface area contributed by atoms with Crippen LogP contribution in [0.4, 0.5) is 0 Å². The van der Waals surface area contributed by atoms with E-state index in [1.165, 1.54) is 0 Å². The number of ether oxygens (including phenoxy) is 1. The van der Waals surface area contributed by atoms with E-state index in [2.05, 4.69) is 5.32 Å². The van der Waals surface area contributed by atoms with Crippen molar-refractivity contribution in [3.8, 4) is 0 Å². The van der Waals surface area contributed by atoms with Crippen molar-refractivity contribution in [2.45, 2.75) is 44.8 Å². The molecule has 2 heterocycles. The normalized spacial score (nSPS) is 22.1. The first-order valence-corrected chi connectivity index (χ1v) is 8.41. The van der Waals surface area contributed by atoms with E-state index < -0.39 is 0 Å². The van der Waals surface area contributed by atoms with Gasteiger partial charge in [0.05, 0.1) is 0 Å². The number of benzene rings is 1. The molecule has 1 N–H and O–H groups in total. The Morgan fingerprint density at radius 1 is 1.22 bits per heavy atom. The number of nitrogens with zero attached hydrogens (tertiary/aromatic N) is 1. The summed E-state index contributed by atoms with van der Waals surface area (Å²) in [4.78, 5) is 26.5. The van der Waals surface area contributed by atoms with E-state index in [1.807, 2.05) is 36.1 Å². The minimum atomic E-state index is -0.242. The largest absolute Gasteiger partial charge is 0.368 e. The van der Waals surface area contributed by atoms with Crippen LogP contribution in [0.5, 0.6) is 0 Å². The first-order chi connectivity index (χ1) is 11.1. The Morgan fingerprint density at radius 2 is 2.00 bits per heavy atom. The molecule has 2 aliphatic heterocycles. The van der Waals surface area contributed by atoms with Gasteiger partial charge in [0.2, 0.25) is 0 Å². The summed E-state index contributed by atoms with van der Waals surface area (Å²) in [7, 11) is 0. The number of carbonyl (C=O) groups excluding carboxylic acids is 2. The van der Waals surface area contributed by atoms with Gasteiger partial charge in [-0.1, -0.05) is 17.7 Å². The lowest BCUT2D eigenvalue weighted by molar-refractivity contribution is -0.142. The van der Waals surface area contributed by atoms with Gasteiger partial charge >= 0.3 is 0 Å². The molecule has 0 saturated carbocycles. The minimum absolute atomic E-state index is 0.0300. The second kappa shape index (κ2) is 7.13. The number of likely N-dealkylation sites (tertiary alicyclic amines) is 1. The van der Waals surface area contributed by atoms with Gasteiger partial charge < -0.3 is 15.0 Å². The quantitative estimate of drug-likeness (QED) is 0.926. The number of rotatable bonds is 3. The molecule has 0 bridgehead atoms. The highest BCUT2D eigenvalue weighted by molar-refractivity contribution is 5.94. The molecule has 0 radical (unpaired) electrons. The fourth-order valence-electron chi connectivity index (χ4n) is 3.28. The SMILES string of the molecule is Cc1cccc(C(=O)NC2CCN(C(=O)C3CCCO3)CC2)c1. The molecule has 5 heteroatoms. The van der Waals surface area contributed by atoms with E-state index >= 15 is 0 Å². The lowest BCUT2D eigenvalue weighted by Gasteiger charge is -2.33. The van der Waals surface area contributed by atoms with Crippen LogP contribution in [-0.4, -0.2) is 48.6 Å². The van der Waals surface area contributed by atoms with E-state index in [0.29, 0.717) is 25.3 Å². The lowest BCUT2D eigenvalue weighted by Crippen LogP contribution is -2.49. The zero-order chi connectivity index (χ0) is 16.2. The Bertz CT molecular complexity index is 573. The third-order valence-electron chi connectivity index (χ3n) is 4.63. The van der Waals surface area contributed by atoms with Crippen LogP contribution in [-0.2, 0) is 9.53 Å². The fourth-order valence-corrected chi connectivity index (χ4v) is 3.28. The van der Waals surface area contributed by atoms with Gasteiger partial charge in [-0.25, -0.2) is 0 Å². The Hall–Kier alpha value is -1.88. The van der Waals surface area contributed by atoms with Crippen LogP contribution in [0.1, 0.15) is 41.6 Å². The predicted octanol–water partition coefficient (Wildman–Crippen LogP) is 1.89. The highest BCUT2D eigenvalue weighted by Gasteiger charge is 2.31. The number of piperidine rings is 1. The van der Waals surface area contributed by atoms with Crippen LogP contribution in [0.15, 0.2) is 24.3 Å². The van der Waals surface area contributed by atoms with Crippen molar-refractivity contribution in [2.24, 2.45) is 0 Å². The van der Waals surface area contributed by atoms with E-state index in [1.54, 1.807) is 0 Å². The van der Waals surface area contributed by atoms with Gasteiger partial charge in [0, 0.05) is 31.3 Å². The van der Waals surface area contributed by atoms with Crippen LogP contribution in [0.3, 0.4) is 0 Å². The maximum atomic E-state index is 12.3. The molecule has 2 fully saturated rings. The zero-order valence-electron chi connectivity index (χ0n) is 13.6. The highest BCUT2D eigenvalue weighted by atomic mass is 16.5. The predicted molar refractivity (Wildman–Crippen MR) is 87.2 cm³/mol. The van der Waals surface area contributed by atoms with Crippen LogP contribution < -0.4 is 5.32 Å². The van der Waals surface area contributed by atoms with Crippen molar-refractivity contribution in [2.75, 3.05) is 19.7 Å². The molecule has 0 aliphatic carbocycles. The Kier molecular flexibility index (Phi) is 4.96. The lowest BCUT2D eigenvalue weighted by atomic mass is 10.0. The highest BCUT2D eigenvalue weighted by Crippen LogP contribution is 2.18. The second-order valence-electron chi connectivity index (χ2n) is 6.44. The summed E-state index contributed by atoms with van der Waals surface area (Å²) in [5.74, 6) is 0.0866. The maximum absolute atomic E-state index is 12.3. The molecule has 2 saturated heterocycles. The van der Waals surface area contributed by atoms with Crippen LogP contribution in [0, 0.1) is 6.92 Å². The Balaban J connectivity index is 1.49. The number of nitrogens with one attached hydrogen (secondary N) is 1. The smallest absolute Gasteiger partial charge is 0.251 e. The third-order valence-corrected chi connectivity index (χ3v) is 4.63.